The lowest BCUT2D eigenvalue weighted by Gasteiger charge is -2.17. The molecule has 1 aromatic rings. The Bertz CT molecular complexity index is 516. The Labute approximate surface area is 132 Å². The van der Waals surface area contributed by atoms with Gasteiger partial charge in [-0.2, -0.15) is 0 Å². The van der Waals surface area contributed by atoms with Crippen molar-refractivity contribution in [3.05, 3.63) is 0 Å². The van der Waals surface area contributed by atoms with E-state index in [1.165, 1.54) is 23.1 Å². The fourth-order valence-corrected chi connectivity index (χ4v) is 3.94. The average molecular weight is 328 g/mol. The van der Waals surface area contributed by atoms with Crippen molar-refractivity contribution in [1.29, 1.82) is 0 Å². The molecule has 1 aromatic heterocycles. The first kappa shape index (κ1) is 16.2. The monoisotopic (exact) mass is 328 g/mol. The summed E-state index contributed by atoms with van der Waals surface area (Å²) in [6.45, 7) is 6.20. The van der Waals surface area contributed by atoms with E-state index in [2.05, 4.69) is 15.5 Å². The first-order valence-corrected chi connectivity index (χ1v) is 8.86. The van der Waals surface area contributed by atoms with Gasteiger partial charge in [-0.3, -0.25) is 14.5 Å². The van der Waals surface area contributed by atoms with Crippen LogP contribution in [0.2, 0.25) is 0 Å². The van der Waals surface area contributed by atoms with Gasteiger partial charge in [0.05, 0.1) is 5.25 Å². The van der Waals surface area contributed by atoms with Gasteiger partial charge in [-0.1, -0.05) is 30.0 Å². The molecule has 1 N–H and O–H groups in total. The number of carbonyl (C=O) groups is 2. The van der Waals surface area contributed by atoms with Crippen molar-refractivity contribution in [2.24, 2.45) is 0 Å². The van der Waals surface area contributed by atoms with Crippen LogP contribution in [0.5, 0.6) is 0 Å². The number of rotatable bonds is 7. The molecule has 0 saturated heterocycles. The quantitative estimate of drug-likeness (QED) is 0.612. The first-order valence-electron chi connectivity index (χ1n) is 7.16. The van der Waals surface area contributed by atoms with Crippen molar-refractivity contribution in [3.63, 3.8) is 0 Å². The summed E-state index contributed by atoms with van der Waals surface area (Å²) in [5, 5.41) is 11.4. The molecule has 1 heterocycles. The van der Waals surface area contributed by atoms with Crippen molar-refractivity contribution in [2.75, 3.05) is 11.4 Å². The van der Waals surface area contributed by atoms with E-state index in [0.717, 1.165) is 17.2 Å². The molecule has 2 amide bonds. The molecule has 0 aliphatic heterocycles. The van der Waals surface area contributed by atoms with E-state index in [1.54, 1.807) is 4.90 Å². The van der Waals surface area contributed by atoms with Gasteiger partial charge >= 0.3 is 0 Å². The largest absolute Gasteiger partial charge is 0.355 e. The third-order valence-electron chi connectivity index (χ3n) is 3.08. The van der Waals surface area contributed by atoms with Gasteiger partial charge in [0.2, 0.25) is 16.9 Å². The van der Waals surface area contributed by atoms with E-state index >= 15 is 0 Å². The molecule has 1 fully saturated rings. The summed E-state index contributed by atoms with van der Waals surface area (Å²) in [5.41, 5.74) is 0. The molecule has 0 aromatic carbocycles. The topological polar surface area (TPSA) is 75.2 Å². The van der Waals surface area contributed by atoms with E-state index in [0.29, 0.717) is 18.1 Å². The molecule has 0 spiro atoms. The van der Waals surface area contributed by atoms with Crippen LogP contribution in [0.3, 0.4) is 0 Å². The lowest BCUT2D eigenvalue weighted by atomic mass is 10.4. The minimum atomic E-state index is -0.220. The Morgan fingerprint density at radius 2 is 2.14 bits per heavy atom. The highest BCUT2D eigenvalue weighted by molar-refractivity contribution is 8.02. The van der Waals surface area contributed by atoms with Gasteiger partial charge in [-0.15, -0.1) is 10.2 Å². The number of hydrogen-bond donors (Lipinski definition) is 1. The summed E-state index contributed by atoms with van der Waals surface area (Å²) >= 11 is 2.76. The zero-order chi connectivity index (χ0) is 15.4. The molecule has 1 aliphatic rings. The highest BCUT2D eigenvalue weighted by atomic mass is 32.2. The van der Waals surface area contributed by atoms with Gasteiger partial charge in [0, 0.05) is 19.0 Å². The van der Waals surface area contributed by atoms with Crippen LogP contribution < -0.4 is 10.2 Å². The van der Waals surface area contributed by atoms with Crippen molar-refractivity contribution >= 4 is 40.0 Å². The second-order valence-electron chi connectivity index (χ2n) is 4.85. The van der Waals surface area contributed by atoms with Crippen molar-refractivity contribution in [1.82, 2.24) is 15.5 Å². The average Bonchev–Trinajstić information content (AvgIpc) is 3.19. The molecule has 1 aliphatic carbocycles. The van der Waals surface area contributed by atoms with Gasteiger partial charge in [0.1, 0.15) is 0 Å². The third-order valence-corrected chi connectivity index (χ3v) is 5.19. The van der Waals surface area contributed by atoms with E-state index in [-0.39, 0.29) is 23.1 Å². The maximum atomic E-state index is 12.0. The molecular formula is C13H20N4O2S2. The molecule has 1 saturated carbocycles. The molecule has 0 bridgehead atoms. The van der Waals surface area contributed by atoms with Gasteiger partial charge in [-0.05, 0) is 26.7 Å². The van der Waals surface area contributed by atoms with Crippen LogP contribution in [0.4, 0.5) is 5.13 Å². The highest BCUT2D eigenvalue weighted by Crippen LogP contribution is 2.37. The summed E-state index contributed by atoms with van der Waals surface area (Å²) in [6, 6.07) is 0.282. The van der Waals surface area contributed by atoms with E-state index in [9.17, 15) is 9.59 Å². The van der Waals surface area contributed by atoms with Crippen molar-refractivity contribution in [2.45, 2.75) is 55.7 Å². The molecule has 6 nitrogen and oxygen atoms in total. The predicted molar refractivity (Wildman–Crippen MR) is 84.7 cm³/mol. The summed E-state index contributed by atoms with van der Waals surface area (Å²) in [7, 11) is 0. The Balaban J connectivity index is 2.03. The molecule has 21 heavy (non-hydrogen) atoms. The number of anilines is 1. The standard InChI is InChI=1S/C13H20N4O2S2/c1-4-10(18)17(9-6-7-9)12-15-16-13(21-12)20-8(3)11(19)14-5-2/h8-9H,4-7H2,1-3H3,(H,14,19). The Morgan fingerprint density at radius 1 is 1.43 bits per heavy atom. The Hall–Kier alpha value is -1.15. The van der Waals surface area contributed by atoms with Gasteiger partial charge < -0.3 is 5.32 Å². The SMILES string of the molecule is CCNC(=O)C(C)Sc1nnc(N(C(=O)CC)C2CC2)s1. The van der Waals surface area contributed by atoms with E-state index < -0.39 is 0 Å². The fourth-order valence-electron chi connectivity index (χ4n) is 1.84. The summed E-state index contributed by atoms with van der Waals surface area (Å²) < 4.78 is 0.721. The van der Waals surface area contributed by atoms with Crippen molar-refractivity contribution in [3.8, 4) is 0 Å². The van der Waals surface area contributed by atoms with Crippen LogP contribution >= 0.6 is 23.1 Å². The predicted octanol–water partition coefficient (Wildman–Crippen LogP) is 2.06. The number of aromatic nitrogens is 2. The molecule has 116 valence electrons. The van der Waals surface area contributed by atoms with Crippen LogP contribution in [0, 0.1) is 0 Å². The third kappa shape index (κ3) is 4.16. The minimum absolute atomic E-state index is 0.0112. The molecule has 2 rings (SSSR count). The molecule has 8 heteroatoms. The Kier molecular flexibility index (Phi) is 5.58. The zero-order valence-corrected chi connectivity index (χ0v) is 14.1. The minimum Gasteiger partial charge on any atom is -0.355 e. The lowest BCUT2D eigenvalue weighted by molar-refractivity contribution is -0.120. The normalized spacial score (nSPS) is 15.6. The van der Waals surface area contributed by atoms with E-state index in [1.807, 2.05) is 20.8 Å². The molecule has 0 radical (unpaired) electrons. The highest BCUT2D eigenvalue weighted by Gasteiger charge is 2.35. The van der Waals surface area contributed by atoms with Crippen molar-refractivity contribution < 1.29 is 9.59 Å². The maximum Gasteiger partial charge on any atom is 0.233 e. The number of carbonyl (C=O) groups excluding carboxylic acids is 2. The summed E-state index contributed by atoms with van der Waals surface area (Å²) in [4.78, 5) is 25.5. The van der Waals surface area contributed by atoms with Crippen LogP contribution in [-0.4, -0.2) is 39.8 Å². The number of amides is 2. The van der Waals surface area contributed by atoms with Gasteiger partial charge in [0.15, 0.2) is 4.34 Å². The zero-order valence-electron chi connectivity index (χ0n) is 12.5. The summed E-state index contributed by atoms with van der Waals surface area (Å²) in [6.07, 6.45) is 2.53. The summed E-state index contributed by atoms with van der Waals surface area (Å²) in [5.74, 6) is 0.0740. The van der Waals surface area contributed by atoms with Crippen LogP contribution in [0.25, 0.3) is 0 Å². The Morgan fingerprint density at radius 3 is 2.71 bits per heavy atom. The van der Waals surface area contributed by atoms with Crippen LogP contribution in [-0.2, 0) is 9.59 Å². The number of hydrogen-bond acceptors (Lipinski definition) is 6. The molecule has 1 atom stereocenters. The van der Waals surface area contributed by atoms with Crippen LogP contribution in [0.1, 0.15) is 40.0 Å². The maximum absolute atomic E-state index is 12.0. The second kappa shape index (κ2) is 7.22. The number of nitrogens with one attached hydrogen (secondary N) is 1. The van der Waals surface area contributed by atoms with E-state index in [4.69, 9.17) is 0 Å². The van der Waals surface area contributed by atoms with Gasteiger partial charge in [0.25, 0.3) is 0 Å². The van der Waals surface area contributed by atoms with Gasteiger partial charge in [-0.25, -0.2) is 0 Å². The fraction of sp³-hybridized carbons (Fsp3) is 0.692. The first-order chi connectivity index (χ1) is 10.1. The second-order valence-corrected chi connectivity index (χ2v) is 7.40. The molecular weight excluding hydrogens is 308 g/mol. The lowest BCUT2D eigenvalue weighted by Crippen LogP contribution is -2.32. The number of nitrogens with zero attached hydrogens (tertiary/aromatic N) is 3. The number of thioether (sulfide) groups is 1. The van der Waals surface area contributed by atoms with Crippen LogP contribution in [0.15, 0.2) is 4.34 Å². The smallest absolute Gasteiger partial charge is 0.233 e. The molecule has 1 unspecified atom stereocenters.